The molecular weight excluding hydrogens is 274 g/mol. The molecule has 1 aromatic heterocycles. The number of aromatic nitrogens is 2. The van der Waals surface area contributed by atoms with Crippen LogP contribution in [0.5, 0.6) is 0 Å². The Morgan fingerprint density at radius 1 is 1.33 bits per heavy atom. The standard InChI is InChI=1S/C14H15N3O4/c1-14(2,13(20)21)16-11(18)8-17-12(19)10-6-4-3-5-9(10)7-15-17/h3-7H,8H2,1-2H3,(H,16,18)(H,20,21). The van der Waals surface area contributed by atoms with Crippen molar-refractivity contribution in [3.8, 4) is 0 Å². The smallest absolute Gasteiger partial charge is 0.328 e. The molecule has 0 bridgehead atoms. The van der Waals surface area contributed by atoms with Gasteiger partial charge in [0.25, 0.3) is 5.56 Å². The highest BCUT2D eigenvalue weighted by Crippen LogP contribution is 2.06. The molecular formula is C14H15N3O4. The second-order valence-corrected chi connectivity index (χ2v) is 5.17. The van der Waals surface area contributed by atoms with E-state index in [1.807, 2.05) is 0 Å². The number of carboxylic acid groups (broad SMARTS) is 1. The highest BCUT2D eigenvalue weighted by atomic mass is 16.4. The molecule has 0 unspecified atom stereocenters. The first kappa shape index (κ1) is 14.7. The van der Waals surface area contributed by atoms with E-state index in [1.54, 1.807) is 24.3 Å². The Labute approximate surface area is 120 Å². The summed E-state index contributed by atoms with van der Waals surface area (Å²) in [5.41, 5.74) is -1.80. The number of carboxylic acids is 1. The van der Waals surface area contributed by atoms with Crippen LogP contribution in [0, 0.1) is 0 Å². The molecule has 0 aliphatic rings. The maximum absolute atomic E-state index is 12.2. The van der Waals surface area contributed by atoms with Crippen LogP contribution in [-0.4, -0.2) is 32.3 Å². The average Bonchev–Trinajstić information content (AvgIpc) is 2.41. The zero-order chi connectivity index (χ0) is 15.6. The van der Waals surface area contributed by atoms with Crippen LogP contribution in [0.2, 0.25) is 0 Å². The molecule has 1 amide bonds. The molecule has 2 N–H and O–H groups in total. The van der Waals surface area contributed by atoms with Gasteiger partial charge in [0.2, 0.25) is 5.91 Å². The first-order valence-corrected chi connectivity index (χ1v) is 6.30. The third-order valence-corrected chi connectivity index (χ3v) is 3.04. The monoisotopic (exact) mass is 289 g/mol. The molecule has 0 radical (unpaired) electrons. The number of nitrogens with zero attached hydrogens (tertiary/aromatic N) is 2. The van der Waals surface area contributed by atoms with Gasteiger partial charge in [-0.05, 0) is 19.9 Å². The minimum Gasteiger partial charge on any atom is -0.480 e. The summed E-state index contributed by atoms with van der Waals surface area (Å²) in [5, 5.41) is 16.4. The summed E-state index contributed by atoms with van der Waals surface area (Å²) in [5.74, 6) is -1.75. The molecule has 1 aromatic carbocycles. The van der Waals surface area contributed by atoms with Gasteiger partial charge in [-0.3, -0.25) is 9.59 Å². The van der Waals surface area contributed by atoms with Gasteiger partial charge in [0, 0.05) is 5.39 Å². The number of amides is 1. The lowest BCUT2D eigenvalue weighted by Gasteiger charge is -2.20. The quantitative estimate of drug-likeness (QED) is 0.847. The average molecular weight is 289 g/mol. The molecule has 7 nitrogen and oxygen atoms in total. The van der Waals surface area contributed by atoms with Crippen molar-refractivity contribution < 1.29 is 14.7 Å². The van der Waals surface area contributed by atoms with Crippen LogP contribution in [0.25, 0.3) is 10.8 Å². The van der Waals surface area contributed by atoms with Crippen molar-refractivity contribution >= 4 is 22.6 Å². The van der Waals surface area contributed by atoms with Gasteiger partial charge in [-0.25, -0.2) is 9.48 Å². The summed E-state index contributed by atoms with van der Waals surface area (Å²) in [6, 6.07) is 6.91. The van der Waals surface area contributed by atoms with Crippen molar-refractivity contribution in [3.63, 3.8) is 0 Å². The molecule has 0 aliphatic heterocycles. The third kappa shape index (κ3) is 3.07. The van der Waals surface area contributed by atoms with Crippen molar-refractivity contribution in [1.29, 1.82) is 0 Å². The molecule has 21 heavy (non-hydrogen) atoms. The predicted molar refractivity (Wildman–Crippen MR) is 75.9 cm³/mol. The number of fused-ring (bicyclic) bond motifs is 1. The van der Waals surface area contributed by atoms with Crippen LogP contribution in [0.4, 0.5) is 0 Å². The topological polar surface area (TPSA) is 101 Å². The molecule has 0 saturated carbocycles. The maximum atomic E-state index is 12.2. The number of hydrogen-bond donors (Lipinski definition) is 2. The SMILES string of the molecule is CC(C)(NC(=O)Cn1ncc2ccccc2c1=O)C(=O)O. The molecule has 2 aromatic rings. The molecule has 0 fully saturated rings. The molecule has 1 heterocycles. The number of benzene rings is 1. The molecule has 0 aliphatic carbocycles. The summed E-state index contributed by atoms with van der Waals surface area (Å²) < 4.78 is 1.01. The second-order valence-electron chi connectivity index (χ2n) is 5.17. The summed E-state index contributed by atoms with van der Waals surface area (Å²) >= 11 is 0. The van der Waals surface area contributed by atoms with E-state index < -0.39 is 23.0 Å². The van der Waals surface area contributed by atoms with Gasteiger partial charge in [0.1, 0.15) is 12.1 Å². The molecule has 7 heteroatoms. The lowest BCUT2D eigenvalue weighted by atomic mass is 10.1. The Balaban J connectivity index is 2.25. The lowest BCUT2D eigenvalue weighted by molar-refractivity contribution is -0.146. The highest BCUT2D eigenvalue weighted by Gasteiger charge is 2.29. The van der Waals surface area contributed by atoms with Crippen LogP contribution in [0.1, 0.15) is 13.8 Å². The number of carbonyl (C=O) groups is 2. The number of hydrogen-bond acceptors (Lipinski definition) is 4. The van der Waals surface area contributed by atoms with Gasteiger partial charge in [0.15, 0.2) is 0 Å². The normalized spacial score (nSPS) is 11.3. The highest BCUT2D eigenvalue weighted by molar-refractivity contribution is 5.86. The van der Waals surface area contributed by atoms with Gasteiger partial charge in [-0.2, -0.15) is 5.10 Å². The van der Waals surface area contributed by atoms with Crippen LogP contribution in [0.3, 0.4) is 0 Å². The minimum atomic E-state index is -1.41. The summed E-state index contributed by atoms with van der Waals surface area (Å²) in [6.07, 6.45) is 1.49. The molecule has 110 valence electrons. The van der Waals surface area contributed by atoms with E-state index in [4.69, 9.17) is 5.11 Å². The first-order valence-electron chi connectivity index (χ1n) is 6.30. The van der Waals surface area contributed by atoms with Crippen molar-refractivity contribution in [2.24, 2.45) is 0 Å². The molecule has 0 spiro atoms. The molecule has 2 rings (SSSR count). The first-order chi connectivity index (χ1) is 9.81. The Morgan fingerprint density at radius 3 is 2.67 bits per heavy atom. The second kappa shape index (κ2) is 5.35. The fourth-order valence-corrected chi connectivity index (χ4v) is 1.82. The van der Waals surface area contributed by atoms with Gasteiger partial charge < -0.3 is 10.4 Å². The van der Waals surface area contributed by atoms with E-state index in [9.17, 15) is 14.4 Å². The molecule has 0 atom stereocenters. The van der Waals surface area contributed by atoms with Crippen LogP contribution in [0.15, 0.2) is 35.3 Å². The van der Waals surface area contributed by atoms with E-state index in [1.165, 1.54) is 20.0 Å². The fraction of sp³-hybridized carbons (Fsp3) is 0.286. The van der Waals surface area contributed by atoms with Gasteiger partial charge in [-0.15, -0.1) is 0 Å². The van der Waals surface area contributed by atoms with Crippen molar-refractivity contribution in [1.82, 2.24) is 15.1 Å². The minimum absolute atomic E-state index is 0.333. The van der Waals surface area contributed by atoms with E-state index in [0.29, 0.717) is 10.8 Å². The van der Waals surface area contributed by atoms with Crippen LogP contribution in [-0.2, 0) is 16.1 Å². The summed E-state index contributed by atoms with van der Waals surface area (Å²) in [7, 11) is 0. The fourth-order valence-electron chi connectivity index (χ4n) is 1.82. The molecule has 0 saturated heterocycles. The zero-order valence-corrected chi connectivity index (χ0v) is 11.7. The largest absolute Gasteiger partial charge is 0.480 e. The Morgan fingerprint density at radius 2 is 2.00 bits per heavy atom. The number of rotatable bonds is 4. The Hall–Kier alpha value is -2.70. The Kier molecular flexibility index (Phi) is 3.75. The van der Waals surface area contributed by atoms with Crippen LogP contribution >= 0.6 is 0 Å². The van der Waals surface area contributed by atoms with E-state index >= 15 is 0 Å². The Bertz CT molecular complexity index is 764. The lowest BCUT2D eigenvalue weighted by Crippen LogP contribution is -2.51. The van der Waals surface area contributed by atoms with Crippen LogP contribution < -0.4 is 10.9 Å². The van der Waals surface area contributed by atoms with E-state index in [0.717, 1.165) is 4.68 Å². The predicted octanol–water partition coefficient (Wildman–Crippen LogP) is 0.376. The zero-order valence-electron chi connectivity index (χ0n) is 11.7. The van der Waals surface area contributed by atoms with Gasteiger partial charge in [0.05, 0.1) is 11.6 Å². The number of nitrogens with one attached hydrogen (secondary N) is 1. The van der Waals surface area contributed by atoms with Crippen molar-refractivity contribution in [3.05, 3.63) is 40.8 Å². The van der Waals surface area contributed by atoms with Crippen molar-refractivity contribution in [2.75, 3.05) is 0 Å². The number of carbonyl (C=O) groups excluding carboxylic acids is 1. The maximum Gasteiger partial charge on any atom is 0.328 e. The summed E-state index contributed by atoms with van der Waals surface area (Å²) in [4.78, 5) is 35.0. The third-order valence-electron chi connectivity index (χ3n) is 3.04. The van der Waals surface area contributed by atoms with Gasteiger partial charge in [-0.1, -0.05) is 18.2 Å². The van der Waals surface area contributed by atoms with Gasteiger partial charge >= 0.3 is 5.97 Å². The number of aliphatic carboxylic acids is 1. The van der Waals surface area contributed by atoms with E-state index in [-0.39, 0.29) is 6.54 Å². The van der Waals surface area contributed by atoms with Crippen molar-refractivity contribution in [2.45, 2.75) is 25.9 Å². The summed E-state index contributed by atoms with van der Waals surface area (Å²) in [6.45, 7) is 2.40. The van der Waals surface area contributed by atoms with E-state index in [2.05, 4.69) is 10.4 Å².